The molecule has 1 unspecified atom stereocenters. The summed E-state index contributed by atoms with van der Waals surface area (Å²) < 4.78 is 0. The van der Waals surface area contributed by atoms with Crippen molar-refractivity contribution in [1.29, 1.82) is 0 Å². The van der Waals surface area contributed by atoms with E-state index in [1.165, 1.54) is 12.1 Å². The summed E-state index contributed by atoms with van der Waals surface area (Å²) in [5.74, 6) is -0.412. The molecule has 1 atom stereocenters. The Morgan fingerprint density at radius 1 is 1.41 bits per heavy atom. The third-order valence-electron chi connectivity index (χ3n) is 3.00. The van der Waals surface area contributed by atoms with E-state index in [0.29, 0.717) is 0 Å². The van der Waals surface area contributed by atoms with Gasteiger partial charge < -0.3 is 15.5 Å². The number of phenolic OH excluding ortho intramolecular Hbond substituents is 1. The number of benzene rings is 1. The minimum Gasteiger partial charge on any atom is -0.507 e. The van der Waals surface area contributed by atoms with Crippen LogP contribution in [0.1, 0.15) is 31.1 Å². The van der Waals surface area contributed by atoms with E-state index in [1.54, 1.807) is 19.1 Å². The van der Waals surface area contributed by atoms with Crippen LogP contribution in [-0.4, -0.2) is 28.3 Å². The average Bonchev–Trinajstić information content (AvgIpc) is 2.26. The van der Waals surface area contributed by atoms with Crippen LogP contribution in [0.5, 0.6) is 5.75 Å². The van der Waals surface area contributed by atoms with Crippen molar-refractivity contribution >= 4 is 5.91 Å². The SMILES string of the molecule is CC(C)C(C)(O)CNC(=O)c1ccccc1O. The topological polar surface area (TPSA) is 69.6 Å². The lowest BCUT2D eigenvalue weighted by Crippen LogP contribution is -2.44. The maximum absolute atomic E-state index is 11.8. The molecule has 4 heteroatoms. The minimum absolute atomic E-state index is 0.0344. The van der Waals surface area contributed by atoms with Gasteiger partial charge in [-0.05, 0) is 25.0 Å². The van der Waals surface area contributed by atoms with Crippen molar-refractivity contribution in [1.82, 2.24) is 5.32 Å². The zero-order chi connectivity index (χ0) is 13.1. The molecule has 0 bridgehead atoms. The predicted molar refractivity (Wildman–Crippen MR) is 65.9 cm³/mol. The molecule has 0 radical (unpaired) electrons. The van der Waals surface area contributed by atoms with Crippen LogP contribution in [0.3, 0.4) is 0 Å². The van der Waals surface area contributed by atoms with Crippen LogP contribution < -0.4 is 5.32 Å². The number of amides is 1. The van der Waals surface area contributed by atoms with E-state index in [1.807, 2.05) is 13.8 Å². The number of carbonyl (C=O) groups is 1. The van der Waals surface area contributed by atoms with Crippen molar-refractivity contribution in [2.24, 2.45) is 5.92 Å². The molecule has 0 heterocycles. The van der Waals surface area contributed by atoms with E-state index >= 15 is 0 Å². The van der Waals surface area contributed by atoms with Gasteiger partial charge in [0.15, 0.2) is 0 Å². The maximum atomic E-state index is 11.8. The van der Waals surface area contributed by atoms with Crippen molar-refractivity contribution in [2.75, 3.05) is 6.54 Å². The number of aliphatic hydroxyl groups is 1. The number of para-hydroxylation sites is 1. The summed E-state index contributed by atoms with van der Waals surface area (Å²) in [6, 6.07) is 6.32. The van der Waals surface area contributed by atoms with E-state index in [4.69, 9.17) is 0 Å². The minimum atomic E-state index is -0.958. The van der Waals surface area contributed by atoms with Gasteiger partial charge >= 0.3 is 0 Å². The van der Waals surface area contributed by atoms with Crippen LogP contribution >= 0.6 is 0 Å². The van der Waals surface area contributed by atoms with Crippen molar-refractivity contribution < 1.29 is 15.0 Å². The molecule has 94 valence electrons. The second kappa shape index (κ2) is 5.19. The molecule has 1 aromatic carbocycles. The van der Waals surface area contributed by atoms with Gasteiger partial charge in [-0.2, -0.15) is 0 Å². The lowest BCUT2D eigenvalue weighted by Gasteiger charge is -2.27. The Balaban J connectivity index is 2.66. The molecule has 0 aliphatic heterocycles. The highest BCUT2D eigenvalue weighted by Crippen LogP contribution is 2.17. The van der Waals surface area contributed by atoms with Gasteiger partial charge in [0.2, 0.25) is 0 Å². The number of hydrogen-bond donors (Lipinski definition) is 3. The summed E-state index contributed by atoms with van der Waals surface area (Å²) in [5, 5.41) is 22.1. The van der Waals surface area contributed by atoms with Crippen LogP contribution in [0.25, 0.3) is 0 Å². The molecular formula is C13H19NO3. The number of aromatic hydroxyl groups is 1. The Hall–Kier alpha value is -1.55. The zero-order valence-corrected chi connectivity index (χ0v) is 10.4. The molecule has 0 aromatic heterocycles. The summed E-state index contributed by atoms with van der Waals surface area (Å²) in [7, 11) is 0. The predicted octanol–water partition coefficient (Wildman–Crippen LogP) is 1.53. The first-order valence-electron chi connectivity index (χ1n) is 5.63. The van der Waals surface area contributed by atoms with Crippen LogP contribution in [0.15, 0.2) is 24.3 Å². The summed E-state index contributed by atoms with van der Waals surface area (Å²) in [4.78, 5) is 11.8. The molecule has 0 spiro atoms. The molecule has 4 nitrogen and oxygen atoms in total. The Labute approximate surface area is 101 Å². The fraction of sp³-hybridized carbons (Fsp3) is 0.462. The zero-order valence-electron chi connectivity index (χ0n) is 10.4. The number of rotatable bonds is 4. The fourth-order valence-corrected chi connectivity index (χ4v) is 1.22. The van der Waals surface area contributed by atoms with Crippen molar-refractivity contribution in [3.05, 3.63) is 29.8 Å². The first kappa shape index (κ1) is 13.5. The van der Waals surface area contributed by atoms with Crippen LogP contribution in [0, 0.1) is 5.92 Å². The highest BCUT2D eigenvalue weighted by molar-refractivity contribution is 5.96. The van der Waals surface area contributed by atoms with Gasteiger partial charge in [0.25, 0.3) is 5.91 Å². The maximum Gasteiger partial charge on any atom is 0.255 e. The Kier molecular flexibility index (Phi) is 4.12. The van der Waals surface area contributed by atoms with Gasteiger partial charge in [0, 0.05) is 6.54 Å². The van der Waals surface area contributed by atoms with Crippen molar-refractivity contribution in [2.45, 2.75) is 26.4 Å². The van der Waals surface area contributed by atoms with E-state index < -0.39 is 5.60 Å². The summed E-state index contributed by atoms with van der Waals surface area (Å²) >= 11 is 0. The number of carbonyl (C=O) groups excluding carboxylic acids is 1. The molecule has 3 N–H and O–H groups in total. The summed E-state index contributed by atoms with van der Waals surface area (Å²) in [6.07, 6.45) is 0. The van der Waals surface area contributed by atoms with E-state index in [-0.39, 0.29) is 29.7 Å². The highest BCUT2D eigenvalue weighted by atomic mass is 16.3. The monoisotopic (exact) mass is 237 g/mol. The third-order valence-corrected chi connectivity index (χ3v) is 3.00. The van der Waals surface area contributed by atoms with Gasteiger partial charge in [0.05, 0.1) is 11.2 Å². The molecule has 0 saturated heterocycles. The van der Waals surface area contributed by atoms with Crippen molar-refractivity contribution in [3.63, 3.8) is 0 Å². The van der Waals surface area contributed by atoms with Crippen LogP contribution in [0.4, 0.5) is 0 Å². The number of phenols is 1. The first-order chi connectivity index (χ1) is 7.84. The smallest absolute Gasteiger partial charge is 0.255 e. The molecule has 0 aliphatic carbocycles. The number of hydrogen-bond acceptors (Lipinski definition) is 3. The standard InChI is InChI=1S/C13H19NO3/c1-9(2)13(3,17)8-14-12(16)10-6-4-5-7-11(10)15/h4-7,9,15,17H,8H2,1-3H3,(H,14,16). The molecule has 0 fully saturated rings. The molecule has 1 aromatic rings. The lowest BCUT2D eigenvalue weighted by molar-refractivity contribution is 0.0142. The molecule has 1 amide bonds. The van der Waals surface area contributed by atoms with Gasteiger partial charge in [-0.3, -0.25) is 4.79 Å². The molecule has 1 rings (SSSR count). The molecule has 0 aliphatic rings. The van der Waals surface area contributed by atoms with E-state index in [0.717, 1.165) is 0 Å². The van der Waals surface area contributed by atoms with Gasteiger partial charge in [0.1, 0.15) is 5.75 Å². The van der Waals surface area contributed by atoms with Crippen LogP contribution in [-0.2, 0) is 0 Å². The van der Waals surface area contributed by atoms with E-state index in [2.05, 4.69) is 5.32 Å². The van der Waals surface area contributed by atoms with E-state index in [9.17, 15) is 15.0 Å². The molecule has 0 saturated carbocycles. The van der Waals surface area contributed by atoms with Crippen molar-refractivity contribution in [3.8, 4) is 5.75 Å². The summed E-state index contributed by atoms with van der Waals surface area (Å²) in [6.45, 7) is 5.58. The second-order valence-corrected chi connectivity index (χ2v) is 4.71. The second-order valence-electron chi connectivity index (χ2n) is 4.71. The first-order valence-corrected chi connectivity index (χ1v) is 5.63. The number of nitrogens with one attached hydrogen (secondary N) is 1. The molecule has 17 heavy (non-hydrogen) atoms. The Morgan fingerprint density at radius 2 is 2.00 bits per heavy atom. The largest absolute Gasteiger partial charge is 0.507 e. The van der Waals surface area contributed by atoms with Crippen LogP contribution in [0.2, 0.25) is 0 Å². The van der Waals surface area contributed by atoms with Gasteiger partial charge in [-0.15, -0.1) is 0 Å². The average molecular weight is 237 g/mol. The Bertz CT molecular complexity index is 399. The normalized spacial score (nSPS) is 14.4. The fourth-order valence-electron chi connectivity index (χ4n) is 1.22. The lowest BCUT2D eigenvalue weighted by atomic mass is 9.92. The van der Waals surface area contributed by atoms with Gasteiger partial charge in [-0.25, -0.2) is 0 Å². The van der Waals surface area contributed by atoms with Gasteiger partial charge in [-0.1, -0.05) is 26.0 Å². The quantitative estimate of drug-likeness (QED) is 0.743. The highest BCUT2D eigenvalue weighted by Gasteiger charge is 2.25. The molecular weight excluding hydrogens is 218 g/mol. The summed E-state index contributed by atoms with van der Waals surface area (Å²) in [5.41, 5.74) is -0.743. The Morgan fingerprint density at radius 3 is 2.53 bits per heavy atom. The third kappa shape index (κ3) is 3.46.